The monoisotopic (exact) mass is 623 g/mol. The van der Waals surface area contributed by atoms with Gasteiger partial charge in [0.2, 0.25) is 0 Å². The number of quaternary nitrogens is 1. The molecule has 0 bridgehead atoms. The van der Waals surface area contributed by atoms with Gasteiger partial charge >= 0.3 is 11.6 Å². The second kappa shape index (κ2) is 12.1. The summed E-state index contributed by atoms with van der Waals surface area (Å²) in [7, 11) is 0. The first kappa shape index (κ1) is 30.4. The summed E-state index contributed by atoms with van der Waals surface area (Å²) in [4.78, 5) is 27.3. The highest BCUT2D eigenvalue weighted by Gasteiger charge is 2.38. The fourth-order valence-corrected chi connectivity index (χ4v) is 6.98. The van der Waals surface area contributed by atoms with Crippen molar-refractivity contribution in [2.75, 3.05) is 31.1 Å². The minimum Gasteiger partial charge on any atom is -0.507 e. The Morgan fingerprint density at radius 3 is 2.22 bits per heavy atom. The zero-order valence-corrected chi connectivity index (χ0v) is 26.4. The molecule has 1 aromatic heterocycles. The van der Waals surface area contributed by atoms with Gasteiger partial charge in [0.1, 0.15) is 36.7 Å². The highest BCUT2D eigenvalue weighted by molar-refractivity contribution is 6.32. The first-order valence-corrected chi connectivity index (χ1v) is 15.5. The maximum absolute atomic E-state index is 13.1. The Morgan fingerprint density at radius 1 is 0.933 bits per heavy atom. The number of rotatable bonds is 7. The SMILES string of the molecule is Cc1cc([N+]2(Cc3cc4c(-c5ccccc5)c(CC(=O)O)c(=O)oc4cc3Cl)CCN(c3ccccc3)CC2)c(C)c(C)c1O. The smallest absolute Gasteiger partial charge is 0.340 e. The molecule has 6 rings (SSSR count). The number of para-hydroxylation sites is 1. The van der Waals surface area contributed by atoms with E-state index >= 15 is 0 Å². The number of aliphatic carboxylic acids is 1. The van der Waals surface area contributed by atoms with Crippen LogP contribution in [0.25, 0.3) is 22.1 Å². The van der Waals surface area contributed by atoms with Crippen LogP contribution in [0.5, 0.6) is 5.75 Å². The number of piperazine rings is 1. The highest BCUT2D eigenvalue weighted by atomic mass is 35.5. The largest absolute Gasteiger partial charge is 0.507 e. The molecular formula is C37H36ClN2O5+. The van der Waals surface area contributed by atoms with E-state index in [4.69, 9.17) is 16.0 Å². The summed E-state index contributed by atoms with van der Waals surface area (Å²) in [6.07, 6.45) is -0.457. The van der Waals surface area contributed by atoms with Crippen molar-refractivity contribution < 1.29 is 19.4 Å². The molecule has 230 valence electrons. The summed E-state index contributed by atoms with van der Waals surface area (Å²) in [5.74, 6) is -0.795. The number of nitrogens with zero attached hydrogens (tertiary/aromatic N) is 2. The standard InChI is InChI=1S/C37H35ClN2O5/c1-23-18-32(24(2)25(3)36(23)43)40(16-14-39(15-17-40)28-12-8-5-9-13-28)22-27-19-29-33(21-31(27)38)45-37(44)30(20-34(41)42)35(29)26-10-6-4-7-11-26/h4-13,18-19,21H,14-17,20,22H2,1-3H3,(H-,41,42,43)/p+1. The Bertz CT molecular complexity index is 1960. The van der Waals surface area contributed by atoms with Crippen molar-refractivity contribution >= 4 is 39.9 Å². The van der Waals surface area contributed by atoms with E-state index in [-0.39, 0.29) is 5.56 Å². The number of aromatic hydroxyl groups is 1. The molecule has 1 saturated heterocycles. The van der Waals surface area contributed by atoms with Crippen molar-refractivity contribution in [1.82, 2.24) is 4.48 Å². The van der Waals surface area contributed by atoms with Crippen molar-refractivity contribution in [3.8, 4) is 16.9 Å². The van der Waals surface area contributed by atoms with E-state index in [2.05, 4.69) is 42.2 Å². The van der Waals surface area contributed by atoms with Crippen LogP contribution in [0.3, 0.4) is 0 Å². The van der Waals surface area contributed by atoms with Gasteiger partial charge in [0, 0.05) is 39.9 Å². The lowest BCUT2D eigenvalue weighted by molar-refractivity contribution is -0.136. The van der Waals surface area contributed by atoms with Crippen LogP contribution in [0.2, 0.25) is 5.02 Å². The molecule has 45 heavy (non-hydrogen) atoms. The fraction of sp³-hybridized carbons (Fsp3) is 0.243. The van der Waals surface area contributed by atoms with Gasteiger partial charge in [0.05, 0.1) is 30.1 Å². The Balaban J connectivity index is 1.52. The van der Waals surface area contributed by atoms with Gasteiger partial charge in [-0.3, -0.25) is 9.28 Å². The number of fused-ring (bicyclic) bond motifs is 1. The molecule has 0 unspecified atom stereocenters. The van der Waals surface area contributed by atoms with Gasteiger partial charge in [-0.2, -0.15) is 0 Å². The summed E-state index contributed by atoms with van der Waals surface area (Å²) in [6, 6.07) is 25.5. The molecule has 0 spiro atoms. The molecule has 5 aromatic rings. The number of carboxylic acid groups (broad SMARTS) is 1. The number of anilines is 1. The van der Waals surface area contributed by atoms with Crippen LogP contribution in [0, 0.1) is 20.8 Å². The lowest BCUT2D eigenvalue weighted by atomic mass is 9.94. The Kier molecular flexibility index (Phi) is 8.16. The van der Waals surface area contributed by atoms with Gasteiger partial charge in [-0.05, 0) is 55.7 Å². The second-order valence-corrected chi connectivity index (χ2v) is 12.4. The topological polar surface area (TPSA) is 91.0 Å². The van der Waals surface area contributed by atoms with Gasteiger partial charge in [-0.15, -0.1) is 0 Å². The molecule has 1 aliphatic heterocycles. The van der Waals surface area contributed by atoms with Crippen LogP contribution in [-0.2, 0) is 17.8 Å². The van der Waals surface area contributed by atoms with Crippen LogP contribution >= 0.6 is 11.6 Å². The lowest BCUT2D eigenvalue weighted by Crippen LogP contribution is -2.60. The zero-order chi connectivity index (χ0) is 31.9. The Hall–Kier alpha value is -4.59. The number of benzene rings is 4. The Morgan fingerprint density at radius 2 is 1.58 bits per heavy atom. The van der Waals surface area contributed by atoms with Crippen molar-refractivity contribution in [2.45, 2.75) is 33.7 Å². The number of halogens is 1. The van der Waals surface area contributed by atoms with E-state index in [9.17, 15) is 19.8 Å². The number of carboxylic acids is 1. The zero-order valence-electron chi connectivity index (χ0n) is 25.6. The molecule has 0 aliphatic carbocycles. The number of aryl methyl sites for hydroxylation is 1. The number of phenols is 1. The molecule has 0 atom stereocenters. The average Bonchev–Trinajstić information content (AvgIpc) is 3.04. The van der Waals surface area contributed by atoms with E-state index in [1.165, 1.54) is 5.69 Å². The molecule has 0 saturated carbocycles. The van der Waals surface area contributed by atoms with Crippen molar-refractivity contribution in [3.63, 3.8) is 0 Å². The summed E-state index contributed by atoms with van der Waals surface area (Å²) < 4.78 is 6.29. The molecule has 8 heteroatoms. The van der Waals surface area contributed by atoms with E-state index < -0.39 is 18.0 Å². The lowest BCUT2D eigenvalue weighted by Gasteiger charge is -2.46. The minimum atomic E-state index is -1.11. The van der Waals surface area contributed by atoms with E-state index in [0.717, 1.165) is 59.7 Å². The number of hydrogen-bond donors (Lipinski definition) is 2. The van der Waals surface area contributed by atoms with Crippen LogP contribution in [0.15, 0.2) is 88.1 Å². The summed E-state index contributed by atoms with van der Waals surface area (Å²) in [5.41, 5.74) is 6.95. The van der Waals surface area contributed by atoms with Crippen LogP contribution in [-0.4, -0.2) is 42.4 Å². The molecular weight excluding hydrogens is 588 g/mol. The first-order valence-electron chi connectivity index (χ1n) is 15.1. The number of hydrogen-bond acceptors (Lipinski definition) is 5. The third-order valence-electron chi connectivity index (χ3n) is 9.29. The number of carbonyl (C=O) groups is 1. The molecule has 1 aliphatic rings. The minimum absolute atomic E-state index is 0.107. The third kappa shape index (κ3) is 5.70. The number of phenolic OH excluding ortho intramolecular Hbond substituents is 1. The Labute approximate surface area is 267 Å². The molecule has 2 N–H and O–H groups in total. The van der Waals surface area contributed by atoms with Crippen molar-refractivity contribution in [3.05, 3.63) is 122 Å². The van der Waals surface area contributed by atoms with Gasteiger partial charge in [-0.25, -0.2) is 4.79 Å². The van der Waals surface area contributed by atoms with E-state index in [1.54, 1.807) is 6.07 Å². The first-order chi connectivity index (χ1) is 21.6. The summed E-state index contributed by atoms with van der Waals surface area (Å²) in [5, 5.41) is 21.6. The van der Waals surface area contributed by atoms with E-state index in [0.29, 0.717) is 38.3 Å². The second-order valence-electron chi connectivity index (χ2n) is 12.0. The average molecular weight is 624 g/mol. The third-order valence-corrected chi connectivity index (χ3v) is 9.64. The normalized spacial score (nSPS) is 14.5. The molecule has 1 fully saturated rings. The van der Waals surface area contributed by atoms with Crippen molar-refractivity contribution in [1.29, 1.82) is 0 Å². The predicted octanol–water partition coefficient (Wildman–Crippen LogP) is 7.40. The molecule has 0 amide bonds. The van der Waals surface area contributed by atoms with Crippen molar-refractivity contribution in [2.24, 2.45) is 0 Å². The van der Waals surface area contributed by atoms with Gasteiger partial charge in [-0.1, -0.05) is 60.1 Å². The van der Waals surface area contributed by atoms with Gasteiger partial charge in [0.15, 0.2) is 0 Å². The predicted molar refractivity (Wildman–Crippen MR) is 180 cm³/mol. The summed E-state index contributed by atoms with van der Waals surface area (Å²) in [6.45, 7) is 9.75. The quantitative estimate of drug-likeness (QED) is 0.145. The fourth-order valence-electron chi connectivity index (χ4n) is 6.77. The summed E-state index contributed by atoms with van der Waals surface area (Å²) >= 11 is 6.98. The maximum Gasteiger partial charge on any atom is 0.340 e. The highest BCUT2D eigenvalue weighted by Crippen LogP contribution is 2.41. The van der Waals surface area contributed by atoms with Gasteiger partial charge in [0.25, 0.3) is 0 Å². The maximum atomic E-state index is 13.1. The van der Waals surface area contributed by atoms with Gasteiger partial charge < -0.3 is 19.5 Å². The molecule has 7 nitrogen and oxygen atoms in total. The van der Waals surface area contributed by atoms with E-state index in [1.807, 2.05) is 56.3 Å². The molecule has 0 radical (unpaired) electrons. The van der Waals surface area contributed by atoms with Crippen LogP contribution in [0.1, 0.15) is 27.8 Å². The van der Waals surface area contributed by atoms with Crippen LogP contribution < -0.4 is 15.0 Å². The molecule has 2 heterocycles. The molecule has 4 aromatic carbocycles. The van der Waals surface area contributed by atoms with Crippen LogP contribution in [0.4, 0.5) is 11.4 Å².